The van der Waals surface area contributed by atoms with Crippen LogP contribution in [-0.2, 0) is 11.3 Å². The van der Waals surface area contributed by atoms with Crippen LogP contribution in [0, 0.1) is 0 Å². The number of rotatable bonds is 5. The highest BCUT2D eigenvalue weighted by Gasteiger charge is 2.19. The predicted octanol–water partition coefficient (Wildman–Crippen LogP) is 1.73. The molecule has 2 rings (SSSR count). The molecular weight excluding hydrogens is 230 g/mol. The molecular formula is C13H21N3O2. The average molecular weight is 251 g/mol. The Labute approximate surface area is 108 Å². The number of ether oxygens (including phenoxy) is 1. The van der Waals surface area contributed by atoms with E-state index in [0.29, 0.717) is 19.3 Å². The number of aliphatic hydroxyl groups is 1. The summed E-state index contributed by atoms with van der Waals surface area (Å²) in [6.07, 6.45) is 5.16. The molecule has 0 spiro atoms. The molecule has 0 unspecified atom stereocenters. The molecule has 0 amide bonds. The Balaban J connectivity index is 1.88. The molecule has 1 heterocycles. The fourth-order valence-corrected chi connectivity index (χ4v) is 2.19. The van der Waals surface area contributed by atoms with Gasteiger partial charge in [0.15, 0.2) is 0 Å². The molecule has 0 saturated heterocycles. The Hall–Kier alpha value is -1.20. The molecule has 18 heavy (non-hydrogen) atoms. The Kier molecular flexibility index (Phi) is 4.90. The summed E-state index contributed by atoms with van der Waals surface area (Å²) in [5.41, 5.74) is 0.894. The van der Waals surface area contributed by atoms with Crippen LogP contribution in [0.25, 0.3) is 0 Å². The van der Waals surface area contributed by atoms with Crippen LogP contribution >= 0.6 is 0 Å². The largest absolute Gasteiger partial charge is 0.393 e. The maximum Gasteiger partial charge on any atom is 0.129 e. The summed E-state index contributed by atoms with van der Waals surface area (Å²) in [5.74, 6) is 0.848. The van der Waals surface area contributed by atoms with Gasteiger partial charge in [-0.15, -0.1) is 0 Å². The van der Waals surface area contributed by atoms with Crippen molar-refractivity contribution in [3.8, 4) is 0 Å². The van der Waals surface area contributed by atoms with Gasteiger partial charge in [-0.3, -0.25) is 0 Å². The van der Waals surface area contributed by atoms with Gasteiger partial charge in [0.05, 0.1) is 18.4 Å². The van der Waals surface area contributed by atoms with E-state index in [0.717, 1.165) is 37.2 Å². The maximum atomic E-state index is 9.46. The van der Waals surface area contributed by atoms with Crippen molar-refractivity contribution >= 4 is 5.82 Å². The summed E-state index contributed by atoms with van der Waals surface area (Å²) in [7, 11) is 0. The van der Waals surface area contributed by atoms with Crippen molar-refractivity contribution in [2.75, 3.05) is 11.9 Å². The van der Waals surface area contributed by atoms with Crippen molar-refractivity contribution in [2.45, 2.75) is 51.4 Å². The Morgan fingerprint density at radius 3 is 2.83 bits per heavy atom. The first kappa shape index (κ1) is 13.2. The van der Waals surface area contributed by atoms with Crippen molar-refractivity contribution in [3.63, 3.8) is 0 Å². The minimum absolute atomic E-state index is 0.123. The molecule has 1 fully saturated rings. The zero-order valence-electron chi connectivity index (χ0n) is 10.8. The second kappa shape index (κ2) is 6.66. The van der Waals surface area contributed by atoms with E-state index in [9.17, 15) is 5.11 Å². The van der Waals surface area contributed by atoms with Crippen molar-refractivity contribution in [1.29, 1.82) is 0 Å². The van der Waals surface area contributed by atoms with Gasteiger partial charge in [-0.2, -0.15) is 0 Å². The number of hydrogen-bond acceptors (Lipinski definition) is 5. The highest BCUT2D eigenvalue weighted by Crippen LogP contribution is 2.21. The van der Waals surface area contributed by atoms with Gasteiger partial charge in [-0.25, -0.2) is 9.97 Å². The van der Waals surface area contributed by atoms with E-state index in [2.05, 4.69) is 15.3 Å². The van der Waals surface area contributed by atoms with Gasteiger partial charge in [0.1, 0.15) is 12.1 Å². The fraction of sp³-hybridized carbons (Fsp3) is 0.692. The monoisotopic (exact) mass is 251 g/mol. The summed E-state index contributed by atoms with van der Waals surface area (Å²) in [4.78, 5) is 8.39. The minimum atomic E-state index is -0.123. The topological polar surface area (TPSA) is 67.3 Å². The van der Waals surface area contributed by atoms with Crippen molar-refractivity contribution in [1.82, 2.24) is 9.97 Å². The van der Waals surface area contributed by atoms with E-state index >= 15 is 0 Å². The molecule has 1 saturated carbocycles. The quantitative estimate of drug-likeness (QED) is 0.834. The molecule has 1 aromatic heterocycles. The fourth-order valence-electron chi connectivity index (χ4n) is 2.19. The Morgan fingerprint density at radius 1 is 1.33 bits per heavy atom. The second-order valence-corrected chi connectivity index (χ2v) is 4.68. The van der Waals surface area contributed by atoms with Crippen LogP contribution in [0.3, 0.4) is 0 Å². The normalized spacial score (nSPS) is 23.9. The highest BCUT2D eigenvalue weighted by atomic mass is 16.5. The molecule has 1 aliphatic rings. The number of nitrogens with zero attached hydrogens (tertiary/aromatic N) is 2. The van der Waals surface area contributed by atoms with Crippen LogP contribution in [0.15, 0.2) is 12.4 Å². The first-order valence-electron chi connectivity index (χ1n) is 6.61. The Morgan fingerprint density at radius 2 is 2.11 bits per heavy atom. The molecule has 0 aliphatic heterocycles. The Bertz CT molecular complexity index is 365. The molecule has 0 atom stereocenters. The van der Waals surface area contributed by atoms with Crippen LogP contribution in [0.5, 0.6) is 0 Å². The first-order valence-corrected chi connectivity index (χ1v) is 6.61. The maximum absolute atomic E-state index is 9.46. The molecule has 0 aromatic carbocycles. The van der Waals surface area contributed by atoms with E-state index in [-0.39, 0.29) is 6.10 Å². The van der Waals surface area contributed by atoms with Gasteiger partial charge in [-0.05, 0) is 32.6 Å². The van der Waals surface area contributed by atoms with Crippen molar-refractivity contribution < 1.29 is 9.84 Å². The summed E-state index contributed by atoms with van der Waals surface area (Å²) < 4.78 is 5.33. The lowest BCUT2D eigenvalue weighted by atomic mass is 9.93. The van der Waals surface area contributed by atoms with Gasteiger partial charge in [0, 0.05) is 18.7 Å². The molecule has 5 heteroatoms. The molecule has 0 bridgehead atoms. The third-order valence-electron chi connectivity index (χ3n) is 3.23. The number of nitrogens with one attached hydrogen (secondary N) is 1. The third-order valence-corrected chi connectivity index (χ3v) is 3.23. The van der Waals surface area contributed by atoms with Gasteiger partial charge < -0.3 is 15.2 Å². The van der Waals surface area contributed by atoms with Crippen LogP contribution in [0.4, 0.5) is 5.82 Å². The van der Waals surface area contributed by atoms with Crippen molar-refractivity contribution in [3.05, 3.63) is 18.1 Å². The summed E-state index contributed by atoms with van der Waals surface area (Å²) in [5, 5.41) is 12.9. The van der Waals surface area contributed by atoms with Crippen LogP contribution in [-0.4, -0.2) is 33.8 Å². The second-order valence-electron chi connectivity index (χ2n) is 4.68. The molecule has 2 N–H and O–H groups in total. The standard InChI is InChI=1S/C13H21N3O2/c1-2-18-8-11-7-13(15-9-14-11)16-10-3-5-12(17)6-4-10/h7,9-10,12,17H,2-6,8H2,1H3,(H,14,15,16). The molecule has 5 nitrogen and oxygen atoms in total. The molecule has 0 radical (unpaired) electrons. The number of aromatic nitrogens is 2. The summed E-state index contributed by atoms with van der Waals surface area (Å²) in [6.45, 7) is 3.18. The van der Waals surface area contributed by atoms with Crippen LogP contribution < -0.4 is 5.32 Å². The predicted molar refractivity (Wildman–Crippen MR) is 69.2 cm³/mol. The molecule has 1 aromatic rings. The molecule has 1 aliphatic carbocycles. The smallest absolute Gasteiger partial charge is 0.129 e. The van der Waals surface area contributed by atoms with E-state index < -0.39 is 0 Å². The van der Waals surface area contributed by atoms with Crippen LogP contribution in [0.1, 0.15) is 38.3 Å². The lowest BCUT2D eigenvalue weighted by molar-refractivity contribution is 0.126. The number of aliphatic hydroxyl groups excluding tert-OH is 1. The highest BCUT2D eigenvalue weighted by molar-refractivity contribution is 5.35. The van der Waals surface area contributed by atoms with Gasteiger partial charge >= 0.3 is 0 Å². The van der Waals surface area contributed by atoms with Gasteiger partial charge in [0.2, 0.25) is 0 Å². The molecule has 100 valence electrons. The lowest BCUT2D eigenvalue weighted by Gasteiger charge is -2.26. The average Bonchev–Trinajstić information content (AvgIpc) is 2.40. The van der Waals surface area contributed by atoms with E-state index in [1.807, 2.05) is 13.0 Å². The summed E-state index contributed by atoms with van der Waals surface area (Å²) in [6, 6.07) is 2.34. The zero-order chi connectivity index (χ0) is 12.8. The minimum Gasteiger partial charge on any atom is -0.393 e. The van der Waals surface area contributed by atoms with E-state index in [1.165, 1.54) is 0 Å². The summed E-state index contributed by atoms with van der Waals surface area (Å²) >= 11 is 0. The van der Waals surface area contributed by atoms with E-state index in [1.54, 1.807) is 6.33 Å². The first-order chi connectivity index (χ1) is 8.78. The third kappa shape index (κ3) is 3.92. The van der Waals surface area contributed by atoms with Crippen molar-refractivity contribution in [2.24, 2.45) is 0 Å². The van der Waals surface area contributed by atoms with Gasteiger partial charge in [-0.1, -0.05) is 0 Å². The zero-order valence-corrected chi connectivity index (χ0v) is 10.8. The lowest BCUT2D eigenvalue weighted by Crippen LogP contribution is -2.28. The number of hydrogen-bond donors (Lipinski definition) is 2. The number of anilines is 1. The SMILES string of the molecule is CCOCc1cc(NC2CCC(O)CC2)ncn1. The van der Waals surface area contributed by atoms with Gasteiger partial charge in [0.25, 0.3) is 0 Å². The van der Waals surface area contributed by atoms with Crippen LogP contribution in [0.2, 0.25) is 0 Å². The van der Waals surface area contributed by atoms with E-state index in [4.69, 9.17) is 4.74 Å².